The molecule has 2 aromatic carbocycles. The zero-order valence-electron chi connectivity index (χ0n) is 21.7. The van der Waals surface area contributed by atoms with Crippen LogP contribution in [0.25, 0.3) is 11.0 Å². The quantitative estimate of drug-likeness (QED) is 0.310. The van der Waals surface area contributed by atoms with Gasteiger partial charge in [0.15, 0.2) is 5.65 Å². The number of halogens is 3. The van der Waals surface area contributed by atoms with E-state index in [0.717, 1.165) is 17.7 Å². The number of nitrogens with one attached hydrogen (secondary N) is 3. The lowest BCUT2D eigenvalue weighted by atomic mass is 10.1. The van der Waals surface area contributed by atoms with Crippen LogP contribution in [0.5, 0.6) is 0 Å². The topological polar surface area (TPSA) is 117 Å². The van der Waals surface area contributed by atoms with Crippen LogP contribution in [0.4, 0.5) is 30.4 Å². The maximum absolute atomic E-state index is 13.1. The summed E-state index contributed by atoms with van der Waals surface area (Å²) < 4.78 is 40.7. The zero-order valence-corrected chi connectivity index (χ0v) is 21.7. The molecule has 0 aliphatic rings. The van der Waals surface area contributed by atoms with E-state index in [-0.39, 0.29) is 17.1 Å². The molecule has 2 aromatic heterocycles. The van der Waals surface area contributed by atoms with E-state index in [0.29, 0.717) is 35.6 Å². The molecule has 4 aromatic rings. The van der Waals surface area contributed by atoms with E-state index < -0.39 is 23.6 Å². The van der Waals surface area contributed by atoms with Gasteiger partial charge < -0.3 is 20.9 Å². The molecule has 0 bridgehead atoms. The highest BCUT2D eigenvalue weighted by Gasteiger charge is 2.30. The van der Waals surface area contributed by atoms with Crippen molar-refractivity contribution in [3.8, 4) is 0 Å². The van der Waals surface area contributed by atoms with Crippen molar-refractivity contribution in [2.45, 2.75) is 13.1 Å². The average molecular weight is 541 g/mol. The predicted molar refractivity (Wildman–Crippen MR) is 141 cm³/mol. The Morgan fingerprint density at radius 1 is 1.05 bits per heavy atom. The van der Waals surface area contributed by atoms with Crippen LogP contribution >= 0.6 is 0 Å². The number of anilines is 3. The fraction of sp³-hybridized carbons (Fsp3) is 0.269. The van der Waals surface area contributed by atoms with Crippen molar-refractivity contribution in [3.05, 3.63) is 71.2 Å². The van der Waals surface area contributed by atoms with Gasteiger partial charge in [-0.15, -0.1) is 0 Å². The van der Waals surface area contributed by atoms with E-state index in [1.165, 1.54) is 16.8 Å². The Morgan fingerprint density at radius 2 is 1.82 bits per heavy atom. The molecule has 0 radical (unpaired) electrons. The van der Waals surface area contributed by atoms with E-state index in [1.54, 1.807) is 31.4 Å². The summed E-state index contributed by atoms with van der Waals surface area (Å²) in [4.78, 5) is 36.3. The Morgan fingerprint density at radius 3 is 2.54 bits per heavy atom. The highest BCUT2D eigenvalue weighted by molar-refractivity contribution is 6.05. The molecule has 0 saturated heterocycles. The van der Waals surface area contributed by atoms with E-state index in [2.05, 4.69) is 31.0 Å². The summed E-state index contributed by atoms with van der Waals surface area (Å²) in [6.45, 7) is 2.86. The van der Waals surface area contributed by atoms with Gasteiger partial charge >= 0.3 is 6.18 Å². The number of aromatic nitrogens is 4. The molecule has 0 atom stereocenters. The van der Waals surface area contributed by atoms with Crippen molar-refractivity contribution >= 4 is 40.0 Å². The molecule has 0 aliphatic carbocycles. The van der Waals surface area contributed by atoms with Crippen molar-refractivity contribution in [2.75, 3.05) is 37.8 Å². The summed E-state index contributed by atoms with van der Waals surface area (Å²) in [7, 11) is 5.47. The highest BCUT2D eigenvalue weighted by Crippen LogP contribution is 2.31. The number of rotatable bonds is 8. The fourth-order valence-corrected chi connectivity index (χ4v) is 3.69. The SMILES string of the molecule is Cc1ccc(C(=O)Nc2cccc(C(F)(F)F)c2)cc1Nc1nc(C(=O)NCCN(C)C)nc2c1cnn2C. The van der Waals surface area contributed by atoms with Crippen LogP contribution in [0.2, 0.25) is 0 Å². The molecule has 0 fully saturated rings. The van der Waals surface area contributed by atoms with Crippen LogP contribution in [0.3, 0.4) is 0 Å². The number of fused-ring (bicyclic) bond motifs is 1. The van der Waals surface area contributed by atoms with Gasteiger partial charge in [-0.05, 0) is 56.9 Å². The Balaban J connectivity index is 1.61. The van der Waals surface area contributed by atoms with Gasteiger partial charge in [-0.3, -0.25) is 14.3 Å². The number of alkyl halides is 3. The summed E-state index contributed by atoms with van der Waals surface area (Å²) >= 11 is 0. The normalized spacial score (nSPS) is 11.6. The number of carbonyl (C=O) groups is 2. The Hall–Kier alpha value is -4.52. The number of likely N-dealkylation sites (N-methyl/N-ethyl adjacent to an activating group) is 1. The second-order valence-electron chi connectivity index (χ2n) is 9.15. The first-order valence-electron chi connectivity index (χ1n) is 11.9. The summed E-state index contributed by atoms with van der Waals surface area (Å²) in [6, 6.07) is 9.22. The van der Waals surface area contributed by atoms with Crippen LogP contribution in [0.1, 0.15) is 32.1 Å². The number of benzene rings is 2. The molecule has 0 aliphatic heterocycles. The minimum absolute atomic E-state index is 0.0164. The average Bonchev–Trinajstić information content (AvgIpc) is 3.25. The van der Waals surface area contributed by atoms with Crippen LogP contribution in [0, 0.1) is 6.92 Å². The molecule has 13 heteroatoms. The summed E-state index contributed by atoms with van der Waals surface area (Å²) in [6.07, 6.45) is -2.97. The second-order valence-corrected chi connectivity index (χ2v) is 9.15. The van der Waals surface area contributed by atoms with Crippen molar-refractivity contribution in [2.24, 2.45) is 7.05 Å². The number of amides is 2. The number of hydrogen-bond acceptors (Lipinski definition) is 7. The van der Waals surface area contributed by atoms with Gasteiger partial charge in [-0.1, -0.05) is 12.1 Å². The molecule has 2 amide bonds. The molecule has 3 N–H and O–H groups in total. The maximum atomic E-state index is 13.1. The van der Waals surface area contributed by atoms with Gasteiger partial charge in [0.25, 0.3) is 11.8 Å². The first kappa shape index (κ1) is 27.5. The van der Waals surface area contributed by atoms with Gasteiger partial charge in [0.05, 0.1) is 17.1 Å². The van der Waals surface area contributed by atoms with E-state index in [4.69, 9.17) is 0 Å². The Labute approximate surface area is 222 Å². The number of nitrogens with zero attached hydrogens (tertiary/aromatic N) is 5. The largest absolute Gasteiger partial charge is 0.416 e. The molecular weight excluding hydrogens is 513 g/mol. The highest BCUT2D eigenvalue weighted by atomic mass is 19.4. The molecule has 10 nitrogen and oxygen atoms in total. The van der Waals surface area contributed by atoms with Crippen LogP contribution < -0.4 is 16.0 Å². The molecule has 0 saturated carbocycles. The van der Waals surface area contributed by atoms with Gasteiger partial charge in [-0.2, -0.15) is 18.3 Å². The predicted octanol–water partition coefficient (Wildman–Crippen LogP) is 3.98. The number of aryl methyl sites for hydroxylation is 2. The first-order valence-corrected chi connectivity index (χ1v) is 11.9. The standard InChI is InChI=1S/C26H27F3N8O2/c1-15-8-9-16(24(38)32-18-7-5-6-17(13-18)26(27,28)29)12-20(15)33-21-19-14-31-37(4)23(19)35-22(34-21)25(39)30-10-11-36(2)3/h5-9,12-14H,10-11H2,1-4H3,(H,30,39)(H,32,38)(H,33,34,35). The van der Waals surface area contributed by atoms with Gasteiger partial charge in [-0.25, -0.2) is 9.97 Å². The smallest absolute Gasteiger partial charge is 0.348 e. The third-order valence-electron chi connectivity index (χ3n) is 5.84. The second kappa shape index (κ2) is 11.1. The van der Waals surface area contributed by atoms with Crippen LogP contribution in [0.15, 0.2) is 48.7 Å². The van der Waals surface area contributed by atoms with E-state index in [1.807, 2.05) is 25.9 Å². The Bertz CT molecular complexity index is 1530. The third kappa shape index (κ3) is 6.49. The van der Waals surface area contributed by atoms with Crippen molar-refractivity contribution < 1.29 is 22.8 Å². The molecule has 2 heterocycles. The maximum Gasteiger partial charge on any atom is 0.416 e. The zero-order chi connectivity index (χ0) is 28.3. The monoisotopic (exact) mass is 540 g/mol. The number of hydrogen-bond donors (Lipinski definition) is 3. The molecule has 39 heavy (non-hydrogen) atoms. The molecule has 204 valence electrons. The third-order valence-corrected chi connectivity index (χ3v) is 5.84. The summed E-state index contributed by atoms with van der Waals surface area (Å²) in [5.74, 6) is -0.783. The van der Waals surface area contributed by atoms with E-state index >= 15 is 0 Å². The first-order chi connectivity index (χ1) is 18.4. The van der Waals surface area contributed by atoms with Crippen LogP contribution in [-0.4, -0.2) is 63.6 Å². The van der Waals surface area contributed by atoms with Gasteiger partial charge in [0.1, 0.15) is 5.82 Å². The lowest BCUT2D eigenvalue weighted by Crippen LogP contribution is -2.32. The lowest BCUT2D eigenvalue weighted by molar-refractivity contribution is -0.137. The molecule has 4 rings (SSSR count). The van der Waals surface area contributed by atoms with E-state index in [9.17, 15) is 22.8 Å². The summed E-state index contributed by atoms with van der Waals surface area (Å²) in [5.41, 5.74) is 1.06. The minimum Gasteiger partial charge on any atom is -0.348 e. The van der Waals surface area contributed by atoms with Crippen molar-refractivity contribution in [1.82, 2.24) is 30.0 Å². The fourth-order valence-electron chi connectivity index (χ4n) is 3.69. The minimum atomic E-state index is -4.53. The van der Waals surface area contributed by atoms with Crippen molar-refractivity contribution in [3.63, 3.8) is 0 Å². The number of carbonyl (C=O) groups excluding carboxylic acids is 2. The Kier molecular flexibility index (Phi) is 7.81. The van der Waals surface area contributed by atoms with Crippen molar-refractivity contribution in [1.29, 1.82) is 0 Å². The lowest BCUT2D eigenvalue weighted by Gasteiger charge is -2.14. The molecule has 0 unspecified atom stereocenters. The van der Waals surface area contributed by atoms with Gasteiger partial charge in [0.2, 0.25) is 5.82 Å². The molecular formula is C26H27F3N8O2. The molecule has 0 spiro atoms. The van der Waals surface area contributed by atoms with Crippen LogP contribution in [-0.2, 0) is 13.2 Å². The summed E-state index contributed by atoms with van der Waals surface area (Å²) in [5, 5.41) is 13.2. The van der Waals surface area contributed by atoms with Gasteiger partial charge in [0, 0.05) is 37.1 Å².